The van der Waals surface area contributed by atoms with Crippen molar-refractivity contribution in [1.29, 1.82) is 0 Å². The molecule has 0 radical (unpaired) electrons. The molecule has 0 saturated heterocycles. The van der Waals surface area contributed by atoms with Crippen LogP contribution < -0.4 is 19.9 Å². The van der Waals surface area contributed by atoms with E-state index < -0.39 is 0 Å². The number of hydrogen-bond acceptors (Lipinski definition) is 11. The van der Waals surface area contributed by atoms with Crippen molar-refractivity contribution in [1.82, 2.24) is 20.2 Å². The van der Waals surface area contributed by atoms with Gasteiger partial charge in [-0.2, -0.15) is 5.10 Å². The Morgan fingerprint density at radius 3 is 2.44 bits per heavy atom. The van der Waals surface area contributed by atoms with Gasteiger partial charge in [0.15, 0.2) is 6.61 Å². The molecular weight excluding hydrogens is 440 g/mol. The van der Waals surface area contributed by atoms with E-state index in [1.165, 1.54) is 13.3 Å². The van der Waals surface area contributed by atoms with Crippen LogP contribution in [-0.4, -0.2) is 58.6 Å². The van der Waals surface area contributed by atoms with E-state index >= 15 is 0 Å². The summed E-state index contributed by atoms with van der Waals surface area (Å²) in [6.07, 6.45) is 1.48. The van der Waals surface area contributed by atoms with Gasteiger partial charge in [0.1, 0.15) is 26.0 Å². The van der Waals surface area contributed by atoms with Crippen molar-refractivity contribution in [3.8, 4) is 17.6 Å². The van der Waals surface area contributed by atoms with Crippen LogP contribution in [0.1, 0.15) is 38.9 Å². The molecule has 3 aliphatic heterocycles. The molecule has 3 aromatic heterocycles. The van der Waals surface area contributed by atoms with E-state index in [4.69, 9.17) is 24.8 Å². The van der Waals surface area contributed by atoms with Crippen molar-refractivity contribution in [2.75, 3.05) is 26.9 Å². The third-order valence-corrected chi connectivity index (χ3v) is 5.01. The molecule has 0 bridgehead atoms. The molecule has 0 aromatic carbocycles. The number of oxime groups is 1. The molecule has 2 N–H and O–H groups in total. The lowest BCUT2D eigenvalue weighted by atomic mass is 10.1. The van der Waals surface area contributed by atoms with Gasteiger partial charge in [-0.05, 0) is 38.1 Å². The zero-order valence-corrected chi connectivity index (χ0v) is 19.0. The van der Waals surface area contributed by atoms with E-state index in [2.05, 4.69) is 25.3 Å². The van der Waals surface area contributed by atoms with Crippen LogP contribution in [0.25, 0.3) is 0 Å². The first-order valence-electron chi connectivity index (χ1n) is 10.5. The van der Waals surface area contributed by atoms with Crippen LogP contribution in [0, 0.1) is 13.8 Å². The van der Waals surface area contributed by atoms with Gasteiger partial charge in [0.25, 0.3) is 0 Å². The van der Waals surface area contributed by atoms with E-state index in [-0.39, 0.29) is 18.4 Å². The standard InChI is InChI=1S/C9H10N2O2.C8H10N2O.C6H4N2O2/c1-6-3-4-7-8(11-12-2)5-13-9(7)10-6;1-5-2-3-6-7(9)4-11-8(6)10-5;9-5-3-10-6-4(5)1-2-7-8-6/h3-4H,5H2,1-2H3;2-3,7H,4,9H2,1H3;1-2H,3H2. The van der Waals surface area contributed by atoms with Gasteiger partial charge in [-0.25, -0.2) is 9.97 Å². The molecule has 11 heteroatoms. The summed E-state index contributed by atoms with van der Waals surface area (Å²) in [5, 5.41) is 11.0. The molecule has 34 heavy (non-hydrogen) atoms. The number of ether oxygens (including phenoxy) is 3. The number of aromatic nitrogens is 4. The fourth-order valence-electron chi connectivity index (χ4n) is 3.31. The second kappa shape index (κ2) is 10.2. The second-order valence-electron chi connectivity index (χ2n) is 7.54. The van der Waals surface area contributed by atoms with E-state index in [1.54, 1.807) is 6.07 Å². The van der Waals surface area contributed by atoms with E-state index in [0.717, 1.165) is 28.2 Å². The summed E-state index contributed by atoms with van der Waals surface area (Å²) in [5.74, 6) is 1.69. The number of carbonyl (C=O) groups excluding carboxylic acids is 1. The van der Waals surface area contributed by atoms with Crippen molar-refractivity contribution in [2.45, 2.75) is 19.9 Å². The maximum atomic E-state index is 10.9. The summed E-state index contributed by atoms with van der Waals surface area (Å²) < 4.78 is 15.5. The van der Waals surface area contributed by atoms with Crippen molar-refractivity contribution in [3.63, 3.8) is 0 Å². The highest BCUT2D eigenvalue weighted by molar-refractivity contribution is 6.05. The highest BCUT2D eigenvalue weighted by Gasteiger charge is 2.22. The summed E-state index contributed by atoms with van der Waals surface area (Å²) in [6, 6.07) is 9.43. The lowest BCUT2D eigenvalue weighted by Crippen LogP contribution is -2.10. The quantitative estimate of drug-likeness (QED) is 0.531. The van der Waals surface area contributed by atoms with Gasteiger partial charge in [0, 0.05) is 17.0 Å². The Labute approximate surface area is 195 Å². The molecule has 0 fully saturated rings. The number of rotatable bonds is 1. The summed E-state index contributed by atoms with van der Waals surface area (Å²) >= 11 is 0. The lowest BCUT2D eigenvalue weighted by Gasteiger charge is -1.98. The van der Waals surface area contributed by atoms with Gasteiger partial charge < -0.3 is 24.8 Å². The van der Waals surface area contributed by atoms with Crippen LogP contribution in [0.3, 0.4) is 0 Å². The van der Waals surface area contributed by atoms with E-state index in [0.29, 0.717) is 36.4 Å². The van der Waals surface area contributed by atoms with Crippen LogP contribution in [0.4, 0.5) is 0 Å². The van der Waals surface area contributed by atoms with Gasteiger partial charge in [0.2, 0.25) is 23.4 Å². The van der Waals surface area contributed by atoms with Crippen LogP contribution in [0.5, 0.6) is 17.6 Å². The van der Waals surface area contributed by atoms with Gasteiger partial charge in [0.05, 0.1) is 23.4 Å². The predicted molar refractivity (Wildman–Crippen MR) is 121 cm³/mol. The molecule has 0 spiro atoms. The maximum absolute atomic E-state index is 10.9. The maximum Gasteiger partial charge on any atom is 0.244 e. The third-order valence-electron chi connectivity index (χ3n) is 5.01. The highest BCUT2D eigenvalue weighted by atomic mass is 16.6. The summed E-state index contributed by atoms with van der Waals surface area (Å²) in [6.45, 7) is 4.97. The highest BCUT2D eigenvalue weighted by Crippen LogP contribution is 2.28. The molecule has 0 aliphatic carbocycles. The molecule has 6 heterocycles. The van der Waals surface area contributed by atoms with Crippen molar-refractivity contribution >= 4 is 11.5 Å². The molecule has 3 aliphatic rings. The monoisotopic (exact) mass is 464 g/mol. The van der Waals surface area contributed by atoms with Gasteiger partial charge >= 0.3 is 0 Å². The van der Waals surface area contributed by atoms with E-state index in [1.807, 2.05) is 38.1 Å². The first-order valence-corrected chi connectivity index (χ1v) is 10.5. The first kappa shape index (κ1) is 23.1. The first-order chi connectivity index (χ1) is 16.5. The number of aryl methyl sites for hydroxylation is 2. The largest absolute Gasteiger partial charge is 0.475 e. The molecule has 0 amide bonds. The van der Waals surface area contributed by atoms with Crippen LogP contribution >= 0.6 is 0 Å². The summed E-state index contributed by atoms with van der Waals surface area (Å²) in [4.78, 5) is 24.0. The molecular formula is C23H24N6O5. The molecule has 1 atom stereocenters. The number of pyridine rings is 2. The average Bonchev–Trinajstić information content (AvgIpc) is 3.52. The minimum absolute atomic E-state index is 0.0121. The Bertz CT molecular complexity index is 1230. The average molecular weight is 464 g/mol. The number of nitrogens with zero attached hydrogens (tertiary/aromatic N) is 5. The Kier molecular flexibility index (Phi) is 6.93. The molecule has 176 valence electrons. The fraction of sp³-hybridized carbons (Fsp3) is 0.304. The van der Waals surface area contributed by atoms with Crippen LogP contribution in [0.15, 0.2) is 41.7 Å². The summed E-state index contributed by atoms with van der Waals surface area (Å²) in [5.41, 5.74) is 10.9. The Hall–Kier alpha value is -4.12. The van der Waals surface area contributed by atoms with Gasteiger partial charge in [-0.15, -0.1) is 5.10 Å². The number of hydrogen-bond donors (Lipinski definition) is 1. The Morgan fingerprint density at radius 2 is 1.68 bits per heavy atom. The number of Topliss-reactive ketones (excluding diaryl/α,β-unsaturated/α-hetero) is 1. The number of fused-ring (bicyclic) bond motifs is 3. The van der Waals surface area contributed by atoms with Crippen molar-refractivity contribution in [3.05, 3.63) is 64.6 Å². The molecule has 6 rings (SSSR count). The molecule has 1 unspecified atom stereocenters. The fourth-order valence-corrected chi connectivity index (χ4v) is 3.31. The Morgan fingerprint density at radius 1 is 0.941 bits per heavy atom. The molecule has 11 nitrogen and oxygen atoms in total. The smallest absolute Gasteiger partial charge is 0.244 e. The SMILES string of the molecule is CON=C1COc2nc(C)ccc21.Cc1ccc2c(n1)OCC2N.O=C1COc2nnccc21. The minimum atomic E-state index is -0.0232. The van der Waals surface area contributed by atoms with Gasteiger partial charge in [-0.1, -0.05) is 11.2 Å². The second-order valence-corrected chi connectivity index (χ2v) is 7.54. The normalized spacial score (nSPS) is 17.6. The minimum Gasteiger partial charge on any atom is -0.475 e. The number of ketones is 1. The topological polar surface area (TPSA) is 144 Å². The zero-order chi connectivity index (χ0) is 24.1. The van der Waals surface area contributed by atoms with E-state index in [9.17, 15) is 4.79 Å². The lowest BCUT2D eigenvalue weighted by molar-refractivity contribution is 0.0960. The summed E-state index contributed by atoms with van der Waals surface area (Å²) in [7, 11) is 1.52. The molecule has 3 aromatic rings. The van der Waals surface area contributed by atoms with Crippen LogP contribution in [0.2, 0.25) is 0 Å². The number of carbonyl (C=O) groups is 1. The van der Waals surface area contributed by atoms with Gasteiger partial charge in [-0.3, -0.25) is 4.79 Å². The predicted octanol–water partition coefficient (Wildman–Crippen LogP) is 1.97. The number of nitrogens with two attached hydrogens (primary N) is 1. The Balaban J connectivity index is 0.000000122. The van der Waals surface area contributed by atoms with Crippen molar-refractivity contribution in [2.24, 2.45) is 10.9 Å². The van der Waals surface area contributed by atoms with Crippen molar-refractivity contribution < 1.29 is 23.8 Å². The zero-order valence-electron chi connectivity index (χ0n) is 19.0. The molecule has 0 saturated carbocycles. The third kappa shape index (κ3) is 5.09. The van der Waals surface area contributed by atoms with Crippen LogP contribution in [-0.2, 0) is 4.84 Å².